The Morgan fingerprint density at radius 3 is 1.81 bits per heavy atom. The van der Waals surface area contributed by atoms with Gasteiger partial charge in [-0.05, 0) is 85.9 Å². The summed E-state index contributed by atoms with van der Waals surface area (Å²) in [5.41, 5.74) is 6.57. The molecule has 3 heterocycles. The van der Waals surface area contributed by atoms with Crippen LogP contribution in [0.2, 0.25) is 0 Å². The highest BCUT2D eigenvalue weighted by molar-refractivity contribution is 5.98. The maximum absolute atomic E-state index is 6.62. The molecular weight excluding hydrogens is 340 g/mol. The molecule has 27 heavy (non-hydrogen) atoms. The van der Waals surface area contributed by atoms with Crippen molar-refractivity contribution in [3.63, 3.8) is 0 Å². The molecule has 1 aromatic heterocycles. The highest BCUT2D eigenvalue weighted by atomic mass is 16.9. The number of ether oxygens (including phenoxy) is 3. The van der Waals surface area contributed by atoms with Crippen LogP contribution in [0.5, 0.6) is 5.75 Å². The third-order valence-electron chi connectivity index (χ3n) is 6.98. The number of fused-ring (bicyclic) bond motifs is 3. The summed E-state index contributed by atoms with van der Waals surface area (Å²) in [6.45, 7) is 20.7. The largest absolute Gasteiger partial charge is 0.461 e. The second-order valence-corrected chi connectivity index (χ2v) is 9.07. The van der Waals surface area contributed by atoms with E-state index in [1.54, 1.807) is 0 Å². The van der Waals surface area contributed by atoms with Gasteiger partial charge in [0, 0.05) is 16.7 Å². The molecule has 4 rings (SSSR count). The van der Waals surface area contributed by atoms with Gasteiger partial charge in [0.1, 0.15) is 17.1 Å². The second-order valence-electron chi connectivity index (χ2n) is 9.07. The molecule has 1 saturated heterocycles. The summed E-state index contributed by atoms with van der Waals surface area (Å²) in [5, 5.41) is 1.02. The zero-order valence-electron chi connectivity index (χ0n) is 18.1. The van der Waals surface area contributed by atoms with Crippen LogP contribution in [0.4, 0.5) is 0 Å². The van der Waals surface area contributed by atoms with E-state index < -0.39 is 17.2 Å². The Kier molecular flexibility index (Phi) is 3.56. The predicted octanol–water partition coefficient (Wildman–Crippen LogP) is 6.11. The van der Waals surface area contributed by atoms with E-state index in [4.69, 9.17) is 18.6 Å². The standard InChI is InChI=1S/C23H30O4/c1-11-12(2)19-18(14(4)16(6)24-19)20-17(11)13(3)15(5)23(25-20)26-21(7,8)22(9,10)27-23/h1-10H3. The van der Waals surface area contributed by atoms with E-state index in [0.29, 0.717) is 0 Å². The number of hydrogen-bond donors (Lipinski definition) is 0. The zero-order valence-corrected chi connectivity index (χ0v) is 18.1. The fourth-order valence-corrected chi connectivity index (χ4v) is 4.13. The lowest BCUT2D eigenvalue weighted by Crippen LogP contribution is -2.43. The lowest BCUT2D eigenvalue weighted by Gasteiger charge is -2.37. The minimum atomic E-state index is -1.21. The van der Waals surface area contributed by atoms with Crippen molar-refractivity contribution in [2.24, 2.45) is 0 Å². The summed E-state index contributed by atoms with van der Waals surface area (Å²) in [6.07, 6.45) is 0. The summed E-state index contributed by atoms with van der Waals surface area (Å²) in [5.74, 6) is 0.506. The fourth-order valence-electron chi connectivity index (χ4n) is 4.13. The van der Waals surface area contributed by atoms with Crippen LogP contribution in [0.1, 0.15) is 69.6 Å². The molecule has 146 valence electrons. The van der Waals surface area contributed by atoms with E-state index in [1.165, 1.54) is 5.56 Å². The summed E-state index contributed by atoms with van der Waals surface area (Å²) in [4.78, 5) is 0. The Morgan fingerprint density at radius 1 is 0.704 bits per heavy atom. The monoisotopic (exact) mass is 370 g/mol. The van der Waals surface area contributed by atoms with Crippen LogP contribution < -0.4 is 4.74 Å². The van der Waals surface area contributed by atoms with Crippen LogP contribution in [-0.4, -0.2) is 17.2 Å². The van der Waals surface area contributed by atoms with E-state index >= 15 is 0 Å². The van der Waals surface area contributed by atoms with Gasteiger partial charge < -0.3 is 18.6 Å². The first-order valence-electron chi connectivity index (χ1n) is 9.63. The minimum Gasteiger partial charge on any atom is -0.461 e. The molecule has 2 aliphatic rings. The molecule has 0 saturated carbocycles. The lowest BCUT2D eigenvalue weighted by molar-refractivity contribution is -0.283. The molecule has 0 unspecified atom stereocenters. The molecule has 0 bridgehead atoms. The van der Waals surface area contributed by atoms with E-state index in [1.807, 2.05) is 41.5 Å². The Morgan fingerprint density at radius 2 is 1.26 bits per heavy atom. The van der Waals surface area contributed by atoms with Crippen molar-refractivity contribution in [2.75, 3.05) is 0 Å². The first-order valence-corrected chi connectivity index (χ1v) is 9.63. The van der Waals surface area contributed by atoms with Crippen LogP contribution in [-0.2, 0) is 9.47 Å². The molecule has 1 spiro atoms. The summed E-state index contributed by atoms with van der Waals surface area (Å²) in [7, 11) is 0. The Bertz CT molecular complexity index is 1000. The van der Waals surface area contributed by atoms with E-state index in [9.17, 15) is 0 Å². The van der Waals surface area contributed by atoms with Gasteiger partial charge in [-0.2, -0.15) is 0 Å². The van der Waals surface area contributed by atoms with Gasteiger partial charge in [0.2, 0.25) is 0 Å². The molecule has 2 aliphatic heterocycles. The number of allylic oxidation sites excluding steroid dienone is 1. The molecule has 0 aliphatic carbocycles. The molecule has 0 radical (unpaired) electrons. The third-order valence-corrected chi connectivity index (χ3v) is 6.98. The molecule has 1 fully saturated rings. The fraction of sp³-hybridized carbons (Fsp3) is 0.565. The summed E-state index contributed by atoms with van der Waals surface area (Å²) >= 11 is 0. The highest BCUT2D eigenvalue weighted by Crippen LogP contribution is 2.55. The lowest BCUT2D eigenvalue weighted by atomic mass is 9.88. The number of hydrogen-bond acceptors (Lipinski definition) is 4. The number of furan rings is 1. The van der Waals surface area contributed by atoms with Crippen molar-refractivity contribution < 1.29 is 18.6 Å². The van der Waals surface area contributed by atoms with Gasteiger partial charge in [-0.3, -0.25) is 0 Å². The molecular formula is C23H30O4. The Balaban J connectivity index is 2.06. The van der Waals surface area contributed by atoms with Crippen LogP contribution in [0, 0.1) is 27.7 Å². The van der Waals surface area contributed by atoms with Crippen molar-refractivity contribution in [1.29, 1.82) is 0 Å². The summed E-state index contributed by atoms with van der Waals surface area (Å²) in [6, 6.07) is 0. The maximum Gasteiger partial charge on any atom is 0.353 e. The molecule has 0 atom stereocenters. The average molecular weight is 370 g/mol. The molecule has 4 heteroatoms. The average Bonchev–Trinajstić information content (AvgIpc) is 2.94. The van der Waals surface area contributed by atoms with Gasteiger partial charge in [-0.25, -0.2) is 0 Å². The van der Waals surface area contributed by atoms with Crippen molar-refractivity contribution in [3.05, 3.63) is 33.6 Å². The van der Waals surface area contributed by atoms with Crippen molar-refractivity contribution in [1.82, 2.24) is 0 Å². The zero-order chi connectivity index (χ0) is 20.1. The molecule has 0 amide bonds. The van der Waals surface area contributed by atoms with Gasteiger partial charge in [0.15, 0.2) is 0 Å². The van der Waals surface area contributed by atoms with Gasteiger partial charge in [-0.1, -0.05) is 0 Å². The normalized spacial score (nSPS) is 22.4. The van der Waals surface area contributed by atoms with E-state index in [0.717, 1.165) is 50.3 Å². The molecule has 1 aromatic carbocycles. The van der Waals surface area contributed by atoms with Crippen LogP contribution in [0.25, 0.3) is 16.5 Å². The Labute approximate surface area is 161 Å². The van der Waals surface area contributed by atoms with Gasteiger partial charge in [0.25, 0.3) is 0 Å². The van der Waals surface area contributed by atoms with Gasteiger partial charge in [0.05, 0.1) is 16.6 Å². The predicted molar refractivity (Wildman–Crippen MR) is 107 cm³/mol. The van der Waals surface area contributed by atoms with Crippen LogP contribution in [0.3, 0.4) is 0 Å². The summed E-state index contributed by atoms with van der Waals surface area (Å²) < 4.78 is 25.6. The highest BCUT2D eigenvalue weighted by Gasteiger charge is 2.61. The van der Waals surface area contributed by atoms with Crippen molar-refractivity contribution in [3.8, 4) is 5.75 Å². The number of rotatable bonds is 0. The SMILES string of the molecule is CC1=C(C)C2(Oc3c1c(C)c(C)c1oc(C)c(C)c31)OC(C)(C)C(C)(C)O2. The van der Waals surface area contributed by atoms with Crippen LogP contribution >= 0.6 is 0 Å². The van der Waals surface area contributed by atoms with Crippen molar-refractivity contribution >= 4 is 16.5 Å². The van der Waals surface area contributed by atoms with E-state index in [-0.39, 0.29) is 0 Å². The van der Waals surface area contributed by atoms with E-state index in [2.05, 4.69) is 27.7 Å². The van der Waals surface area contributed by atoms with Crippen LogP contribution in [0.15, 0.2) is 9.99 Å². The maximum atomic E-state index is 6.62. The molecule has 2 aromatic rings. The molecule has 4 nitrogen and oxygen atoms in total. The van der Waals surface area contributed by atoms with Gasteiger partial charge in [-0.15, -0.1) is 0 Å². The van der Waals surface area contributed by atoms with Gasteiger partial charge >= 0.3 is 5.97 Å². The van der Waals surface area contributed by atoms with Crippen molar-refractivity contribution in [2.45, 2.75) is 86.4 Å². The first-order chi connectivity index (χ1) is 12.3. The smallest absolute Gasteiger partial charge is 0.353 e. The minimum absolute atomic E-state index is 0.494. The number of aryl methyl sites for hydroxylation is 3. The molecule has 0 N–H and O–H groups in total. The topological polar surface area (TPSA) is 40.8 Å². The first kappa shape index (κ1) is 18.6. The second kappa shape index (κ2) is 5.18. The Hall–Kier alpha value is -1.78. The quantitative estimate of drug-likeness (QED) is 0.561. The third kappa shape index (κ3) is 2.17. The number of benzene rings is 1.